The second-order valence-electron chi connectivity index (χ2n) is 6.34. The number of benzene rings is 1. The molecular formula is C17H25N3O. The van der Waals surface area contributed by atoms with Crippen LogP contribution in [0.2, 0.25) is 0 Å². The molecule has 0 atom stereocenters. The molecule has 0 aliphatic rings. The Kier molecular flexibility index (Phi) is 4.68. The molecule has 0 saturated carbocycles. The molecule has 1 N–H and O–H groups in total. The number of rotatable bonds is 5. The first-order chi connectivity index (χ1) is 9.90. The Morgan fingerprint density at radius 2 is 1.86 bits per heavy atom. The average molecular weight is 287 g/mol. The number of aromatic nitrogens is 2. The fourth-order valence-corrected chi connectivity index (χ4v) is 2.19. The number of imidazole rings is 1. The van der Waals surface area contributed by atoms with Gasteiger partial charge in [0, 0.05) is 25.5 Å². The Bertz CT molecular complexity index is 579. The molecule has 1 aromatic heterocycles. The maximum atomic E-state index is 5.14. The Balaban J connectivity index is 2.14. The molecule has 0 aliphatic heterocycles. The number of methoxy groups -OCH3 is 1. The van der Waals surface area contributed by atoms with E-state index in [9.17, 15) is 0 Å². The van der Waals surface area contributed by atoms with Crippen LogP contribution >= 0.6 is 0 Å². The predicted molar refractivity (Wildman–Crippen MR) is 87.3 cm³/mol. The van der Waals surface area contributed by atoms with Gasteiger partial charge in [-0.25, -0.2) is 4.98 Å². The lowest BCUT2D eigenvalue weighted by molar-refractivity contribution is 0.188. The van der Waals surface area contributed by atoms with Crippen LogP contribution in [0.15, 0.2) is 30.5 Å². The first-order valence-electron chi connectivity index (χ1n) is 7.30. The van der Waals surface area contributed by atoms with Gasteiger partial charge in [-0.15, -0.1) is 0 Å². The molecule has 0 unspecified atom stereocenters. The molecule has 0 saturated heterocycles. The molecular weight excluding hydrogens is 262 g/mol. The molecule has 4 heteroatoms. The van der Waals surface area contributed by atoms with E-state index in [-0.39, 0.29) is 5.41 Å². The van der Waals surface area contributed by atoms with E-state index in [0.717, 1.165) is 23.9 Å². The van der Waals surface area contributed by atoms with Crippen molar-refractivity contribution in [3.05, 3.63) is 41.7 Å². The van der Waals surface area contributed by atoms with Crippen LogP contribution < -0.4 is 5.32 Å². The molecule has 2 rings (SSSR count). The van der Waals surface area contributed by atoms with Crippen molar-refractivity contribution in [1.29, 1.82) is 0 Å². The quantitative estimate of drug-likeness (QED) is 0.907. The highest BCUT2D eigenvalue weighted by molar-refractivity contribution is 5.54. The van der Waals surface area contributed by atoms with Crippen LogP contribution in [-0.2, 0) is 16.7 Å². The van der Waals surface area contributed by atoms with Crippen LogP contribution in [0.25, 0.3) is 0 Å². The van der Waals surface area contributed by atoms with Crippen LogP contribution in [0.3, 0.4) is 0 Å². The van der Waals surface area contributed by atoms with Crippen LogP contribution in [0.4, 0.5) is 11.6 Å². The molecule has 1 aromatic carbocycles. The third-order valence-corrected chi connectivity index (χ3v) is 3.44. The first-order valence-corrected chi connectivity index (χ1v) is 7.30. The zero-order valence-corrected chi connectivity index (χ0v) is 13.6. The summed E-state index contributed by atoms with van der Waals surface area (Å²) in [6.07, 6.45) is 2.03. The highest BCUT2D eigenvalue weighted by atomic mass is 16.5. The van der Waals surface area contributed by atoms with E-state index in [0.29, 0.717) is 6.61 Å². The second kappa shape index (κ2) is 6.31. The van der Waals surface area contributed by atoms with E-state index in [4.69, 9.17) is 4.74 Å². The molecule has 114 valence electrons. The summed E-state index contributed by atoms with van der Waals surface area (Å²) < 4.78 is 7.22. The van der Waals surface area contributed by atoms with E-state index in [1.165, 1.54) is 5.56 Å². The summed E-state index contributed by atoms with van der Waals surface area (Å²) in [6.45, 7) is 10.1. The maximum Gasteiger partial charge on any atom is 0.207 e. The Morgan fingerprint density at radius 1 is 1.19 bits per heavy atom. The van der Waals surface area contributed by atoms with Crippen molar-refractivity contribution in [3.8, 4) is 0 Å². The van der Waals surface area contributed by atoms with E-state index >= 15 is 0 Å². The summed E-state index contributed by atoms with van der Waals surface area (Å²) in [4.78, 5) is 4.53. The summed E-state index contributed by atoms with van der Waals surface area (Å²) in [6, 6.07) is 8.53. The van der Waals surface area contributed by atoms with Crippen LogP contribution in [-0.4, -0.2) is 23.3 Å². The lowest BCUT2D eigenvalue weighted by Crippen LogP contribution is -2.11. The number of aryl methyl sites for hydroxylation is 1. The van der Waals surface area contributed by atoms with Gasteiger partial charge in [0.15, 0.2) is 0 Å². The van der Waals surface area contributed by atoms with Gasteiger partial charge in [-0.1, -0.05) is 32.9 Å². The topological polar surface area (TPSA) is 39.1 Å². The van der Waals surface area contributed by atoms with Crippen molar-refractivity contribution in [2.24, 2.45) is 0 Å². The number of hydrogen-bond acceptors (Lipinski definition) is 3. The molecule has 0 spiro atoms. The Labute approximate surface area is 127 Å². The lowest BCUT2D eigenvalue weighted by atomic mass is 9.87. The largest absolute Gasteiger partial charge is 0.383 e. The molecule has 0 bridgehead atoms. The van der Waals surface area contributed by atoms with Crippen molar-refractivity contribution >= 4 is 11.6 Å². The average Bonchev–Trinajstić information content (AvgIpc) is 2.76. The zero-order valence-electron chi connectivity index (χ0n) is 13.6. The van der Waals surface area contributed by atoms with Crippen LogP contribution in [0.5, 0.6) is 0 Å². The number of nitrogens with zero attached hydrogens (tertiary/aromatic N) is 2. The minimum absolute atomic E-state index is 0.173. The molecule has 0 amide bonds. The molecule has 0 aliphatic carbocycles. The molecule has 1 heterocycles. The maximum absolute atomic E-state index is 5.14. The van der Waals surface area contributed by atoms with E-state index < -0.39 is 0 Å². The second-order valence-corrected chi connectivity index (χ2v) is 6.34. The SMILES string of the molecule is COCCn1cc(C)nc1Nc1ccc(C(C)(C)C)cc1. The first kappa shape index (κ1) is 15.6. The van der Waals surface area contributed by atoms with Crippen LogP contribution in [0.1, 0.15) is 32.0 Å². The van der Waals surface area contributed by atoms with Gasteiger partial charge in [0.1, 0.15) is 0 Å². The summed E-state index contributed by atoms with van der Waals surface area (Å²) >= 11 is 0. The van der Waals surface area contributed by atoms with Crippen molar-refractivity contribution in [3.63, 3.8) is 0 Å². The summed E-state index contributed by atoms with van der Waals surface area (Å²) in [5, 5.41) is 3.38. The van der Waals surface area contributed by atoms with Gasteiger partial charge in [0.25, 0.3) is 0 Å². The summed E-state index contributed by atoms with van der Waals surface area (Å²) in [5.41, 5.74) is 3.55. The van der Waals surface area contributed by atoms with Gasteiger partial charge in [0.05, 0.1) is 12.3 Å². The molecule has 0 radical (unpaired) electrons. The van der Waals surface area contributed by atoms with Gasteiger partial charge in [-0.05, 0) is 30.0 Å². The number of nitrogens with one attached hydrogen (secondary N) is 1. The predicted octanol–water partition coefficient (Wildman–Crippen LogP) is 3.88. The lowest BCUT2D eigenvalue weighted by Gasteiger charge is -2.19. The minimum Gasteiger partial charge on any atom is -0.383 e. The third-order valence-electron chi connectivity index (χ3n) is 3.44. The monoisotopic (exact) mass is 287 g/mol. The van der Waals surface area contributed by atoms with Gasteiger partial charge in [-0.2, -0.15) is 0 Å². The number of hydrogen-bond donors (Lipinski definition) is 1. The fourth-order valence-electron chi connectivity index (χ4n) is 2.19. The molecule has 21 heavy (non-hydrogen) atoms. The Hall–Kier alpha value is -1.81. The van der Waals surface area contributed by atoms with Gasteiger partial charge in [0.2, 0.25) is 5.95 Å². The summed E-state index contributed by atoms with van der Waals surface area (Å²) in [7, 11) is 1.71. The fraction of sp³-hybridized carbons (Fsp3) is 0.471. The van der Waals surface area contributed by atoms with Gasteiger partial charge >= 0.3 is 0 Å². The third kappa shape index (κ3) is 4.08. The smallest absolute Gasteiger partial charge is 0.207 e. The molecule has 4 nitrogen and oxygen atoms in total. The van der Waals surface area contributed by atoms with Gasteiger partial charge in [-0.3, -0.25) is 0 Å². The highest BCUT2D eigenvalue weighted by Gasteiger charge is 2.13. The number of ether oxygens (including phenoxy) is 1. The zero-order chi connectivity index (χ0) is 15.5. The normalized spacial score (nSPS) is 11.7. The van der Waals surface area contributed by atoms with Crippen LogP contribution in [0, 0.1) is 6.92 Å². The van der Waals surface area contributed by atoms with Crippen molar-refractivity contribution in [1.82, 2.24) is 9.55 Å². The number of anilines is 2. The van der Waals surface area contributed by atoms with Crippen molar-refractivity contribution < 1.29 is 4.74 Å². The van der Waals surface area contributed by atoms with E-state index in [1.54, 1.807) is 7.11 Å². The Morgan fingerprint density at radius 3 is 2.43 bits per heavy atom. The molecule has 0 fully saturated rings. The standard InChI is InChI=1S/C17H25N3O/c1-13-12-20(10-11-21-5)16(18-13)19-15-8-6-14(7-9-15)17(2,3)4/h6-9,12H,10-11H2,1-5H3,(H,18,19). The molecule has 2 aromatic rings. The minimum atomic E-state index is 0.173. The van der Waals surface area contributed by atoms with E-state index in [1.807, 2.05) is 13.1 Å². The van der Waals surface area contributed by atoms with E-state index in [2.05, 4.69) is 59.9 Å². The summed E-state index contributed by atoms with van der Waals surface area (Å²) in [5.74, 6) is 0.855. The van der Waals surface area contributed by atoms with Crippen molar-refractivity contribution in [2.45, 2.75) is 39.7 Å². The highest BCUT2D eigenvalue weighted by Crippen LogP contribution is 2.24. The van der Waals surface area contributed by atoms with Gasteiger partial charge < -0.3 is 14.6 Å². The van der Waals surface area contributed by atoms with Crippen molar-refractivity contribution in [2.75, 3.05) is 19.0 Å².